The maximum absolute atomic E-state index is 2.46. The van der Waals surface area contributed by atoms with Crippen molar-refractivity contribution in [2.45, 2.75) is 31.6 Å². The van der Waals surface area contributed by atoms with Crippen molar-refractivity contribution in [1.82, 2.24) is 4.57 Å². The van der Waals surface area contributed by atoms with E-state index in [2.05, 4.69) is 187 Å². The summed E-state index contributed by atoms with van der Waals surface area (Å²) in [6, 6.07) is 53.3. The molecule has 0 spiro atoms. The van der Waals surface area contributed by atoms with Gasteiger partial charge in [0.05, 0.1) is 11.0 Å². The molecule has 0 N–H and O–H groups in total. The minimum atomic E-state index is -0.0769. The van der Waals surface area contributed by atoms with Crippen molar-refractivity contribution in [3.63, 3.8) is 0 Å². The number of hydrogen-bond acceptors (Lipinski definition) is 1. The van der Waals surface area contributed by atoms with Gasteiger partial charge in [0.2, 0.25) is 0 Å². The molecule has 47 heavy (non-hydrogen) atoms. The van der Waals surface area contributed by atoms with Gasteiger partial charge in [-0.2, -0.15) is 0 Å². The highest BCUT2D eigenvalue weighted by molar-refractivity contribution is 6.10. The van der Waals surface area contributed by atoms with E-state index < -0.39 is 0 Å². The standard InChI is InChI=1S/C45H36N2/c1-45(2)41-19-11-9-17-37(41)38-27-25-35(29-42(38)45)46(34-23-21-32(22-24-34)31-13-5-3-6-14-31)36-26-28-40-39-18-10-12-20-43(39)47(44(40)30-36)33-15-7-4-8-16-33/h3-21,23-30,32H,22H2,1-2H3. The number of benzene rings is 6. The Kier molecular flexibility index (Phi) is 6.33. The number of fused-ring (bicyclic) bond motifs is 6. The van der Waals surface area contributed by atoms with Gasteiger partial charge in [-0.05, 0) is 82.8 Å². The van der Waals surface area contributed by atoms with Crippen LogP contribution in [0.4, 0.5) is 11.4 Å². The lowest BCUT2D eigenvalue weighted by molar-refractivity contribution is 0.660. The molecule has 1 aromatic heterocycles. The molecule has 0 fully saturated rings. The Morgan fingerprint density at radius 1 is 0.596 bits per heavy atom. The van der Waals surface area contributed by atoms with E-state index in [9.17, 15) is 0 Å². The first-order valence-corrected chi connectivity index (χ1v) is 16.6. The second-order valence-electron chi connectivity index (χ2n) is 13.4. The third kappa shape index (κ3) is 4.40. The fourth-order valence-electron chi connectivity index (χ4n) is 7.95. The maximum atomic E-state index is 2.46. The molecule has 2 aliphatic carbocycles. The van der Waals surface area contributed by atoms with Crippen LogP contribution in [0, 0.1) is 0 Å². The van der Waals surface area contributed by atoms with Gasteiger partial charge in [0.15, 0.2) is 0 Å². The molecule has 0 saturated heterocycles. The largest absolute Gasteiger partial charge is 0.311 e. The molecular weight excluding hydrogens is 569 g/mol. The summed E-state index contributed by atoms with van der Waals surface area (Å²) in [6.07, 6.45) is 8.08. The fourth-order valence-corrected chi connectivity index (χ4v) is 7.95. The number of rotatable bonds is 5. The molecule has 2 heteroatoms. The Labute approximate surface area is 276 Å². The van der Waals surface area contributed by atoms with Crippen molar-refractivity contribution < 1.29 is 0 Å². The van der Waals surface area contributed by atoms with Crippen molar-refractivity contribution in [3.8, 4) is 16.8 Å². The van der Waals surface area contributed by atoms with Crippen LogP contribution in [0.25, 0.3) is 38.6 Å². The molecule has 0 aliphatic heterocycles. The van der Waals surface area contributed by atoms with Crippen LogP contribution in [0.15, 0.2) is 170 Å². The molecule has 0 amide bonds. The van der Waals surface area contributed by atoms with Crippen molar-refractivity contribution >= 4 is 33.2 Å². The van der Waals surface area contributed by atoms with Crippen molar-refractivity contribution in [3.05, 3.63) is 186 Å². The summed E-state index contributed by atoms with van der Waals surface area (Å²) >= 11 is 0. The monoisotopic (exact) mass is 604 g/mol. The molecule has 1 atom stereocenters. The van der Waals surface area contributed by atoms with Gasteiger partial charge in [0.25, 0.3) is 0 Å². The van der Waals surface area contributed by atoms with Crippen LogP contribution in [0.2, 0.25) is 0 Å². The van der Waals surface area contributed by atoms with Gasteiger partial charge < -0.3 is 9.47 Å². The summed E-state index contributed by atoms with van der Waals surface area (Å²) in [4.78, 5) is 2.46. The highest BCUT2D eigenvalue weighted by Crippen LogP contribution is 2.50. The number of nitrogens with zero attached hydrogens (tertiary/aromatic N) is 2. The predicted molar refractivity (Wildman–Crippen MR) is 198 cm³/mol. The first-order chi connectivity index (χ1) is 23.1. The number of hydrogen-bond donors (Lipinski definition) is 0. The van der Waals surface area contributed by atoms with Crippen molar-refractivity contribution in [1.29, 1.82) is 0 Å². The van der Waals surface area contributed by atoms with E-state index in [-0.39, 0.29) is 5.41 Å². The molecule has 2 nitrogen and oxygen atoms in total. The number of aromatic nitrogens is 1. The Balaban J connectivity index is 1.23. The minimum Gasteiger partial charge on any atom is -0.311 e. The van der Waals surface area contributed by atoms with Crippen LogP contribution in [-0.4, -0.2) is 4.57 Å². The van der Waals surface area contributed by atoms with Crippen LogP contribution in [0.5, 0.6) is 0 Å². The van der Waals surface area contributed by atoms with E-state index in [0.717, 1.165) is 12.1 Å². The lowest BCUT2D eigenvalue weighted by atomic mass is 9.82. The predicted octanol–water partition coefficient (Wildman–Crippen LogP) is 11.9. The zero-order valence-corrected chi connectivity index (χ0v) is 26.8. The number of allylic oxidation sites excluding steroid dienone is 3. The summed E-state index contributed by atoms with van der Waals surface area (Å²) in [5.74, 6) is 0.373. The Hall–Kier alpha value is -5.60. The molecular formula is C45H36N2. The van der Waals surface area contributed by atoms with E-state index in [0.29, 0.717) is 5.92 Å². The van der Waals surface area contributed by atoms with Gasteiger partial charge in [-0.3, -0.25) is 0 Å². The van der Waals surface area contributed by atoms with Crippen molar-refractivity contribution in [2.24, 2.45) is 0 Å². The minimum absolute atomic E-state index is 0.0769. The van der Waals surface area contributed by atoms with Gasteiger partial charge in [0.1, 0.15) is 0 Å². The van der Waals surface area contributed by atoms with Gasteiger partial charge in [0, 0.05) is 44.9 Å². The molecule has 7 aromatic rings. The summed E-state index contributed by atoms with van der Waals surface area (Å²) in [5.41, 5.74) is 13.9. The summed E-state index contributed by atoms with van der Waals surface area (Å²) < 4.78 is 2.41. The van der Waals surface area contributed by atoms with E-state index in [1.54, 1.807) is 0 Å². The van der Waals surface area contributed by atoms with Crippen LogP contribution < -0.4 is 4.90 Å². The zero-order valence-electron chi connectivity index (χ0n) is 26.8. The van der Waals surface area contributed by atoms with E-state index in [4.69, 9.17) is 0 Å². The Morgan fingerprint density at radius 2 is 1.26 bits per heavy atom. The average Bonchev–Trinajstić information content (AvgIpc) is 3.58. The third-order valence-electron chi connectivity index (χ3n) is 10.3. The van der Waals surface area contributed by atoms with Gasteiger partial charge in [-0.15, -0.1) is 0 Å². The van der Waals surface area contributed by atoms with E-state index in [1.165, 1.54) is 66.7 Å². The summed E-state index contributed by atoms with van der Waals surface area (Å²) in [7, 11) is 0. The average molecular weight is 605 g/mol. The molecule has 1 unspecified atom stereocenters. The molecule has 2 aliphatic rings. The molecule has 6 aromatic carbocycles. The zero-order chi connectivity index (χ0) is 31.5. The SMILES string of the molecule is CC1(C)c2ccccc2-c2ccc(N(C3=CCC(c4ccccc4)C=C3)c3ccc4c5ccccc5n(-c5ccccc5)c4c3)cc21. The number of anilines is 2. The van der Waals surface area contributed by atoms with Crippen LogP contribution in [0.3, 0.4) is 0 Å². The first-order valence-electron chi connectivity index (χ1n) is 16.6. The Bertz CT molecular complexity index is 2360. The van der Waals surface area contributed by atoms with E-state index >= 15 is 0 Å². The molecule has 226 valence electrons. The first kappa shape index (κ1) is 27.7. The van der Waals surface area contributed by atoms with Gasteiger partial charge >= 0.3 is 0 Å². The Morgan fingerprint density at radius 3 is 2.06 bits per heavy atom. The smallest absolute Gasteiger partial charge is 0.0561 e. The van der Waals surface area contributed by atoms with Crippen molar-refractivity contribution in [2.75, 3.05) is 4.90 Å². The third-order valence-corrected chi connectivity index (χ3v) is 10.3. The molecule has 0 saturated carbocycles. The summed E-state index contributed by atoms with van der Waals surface area (Å²) in [6.45, 7) is 4.72. The number of para-hydroxylation sites is 2. The molecule has 0 radical (unpaired) electrons. The molecule has 9 rings (SSSR count). The summed E-state index contributed by atoms with van der Waals surface area (Å²) in [5, 5.41) is 2.53. The fraction of sp³-hybridized carbons (Fsp3) is 0.111. The van der Waals surface area contributed by atoms with Crippen LogP contribution in [0.1, 0.15) is 42.9 Å². The lowest BCUT2D eigenvalue weighted by Gasteiger charge is -2.31. The molecule has 1 heterocycles. The highest BCUT2D eigenvalue weighted by atomic mass is 15.1. The second-order valence-corrected chi connectivity index (χ2v) is 13.4. The molecule has 0 bridgehead atoms. The van der Waals surface area contributed by atoms with Gasteiger partial charge in [-0.1, -0.05) is 129 Å². The van der Waals surface area contributed by atoms with Crippen LogP contribution >= 0.6 is 0 Å². The maximum Gasteiger partial charge on any atom is 0.0561 e. The van der Waals surface area contributed by atoms with Crippen LogP contribution in [-0.2, 0) is 5.41 Å². The highest BCUT2D eigenvalue weighted by Gasteiger charge is 2.36. The van der Waals surface area contributed by atoms with Gasteiger partial charge in [-0.25, -0.2) is 0 Å². The second kappa shape index (κ2) is 10.7. The van der Waals surface area contributed by atoms with E-state index in [1.807, 2.05) is 0 Å². The normalized spacial score (nSPS) is 16.2. The topological polar surface area (TPSA) is 8.17 Å². The lowest BCUT2D eigenvalue weighted by Crippen LogP contribution is -2.19. The quantitative estimate of drug-likeness (QED) is 0.190.